The highest BCUT2D eigenvalue weighted by atomic mass is 16.2. The van der Waals surface area contributed by atoms with E-state index in [2.05, 4.69) is 41.3 Å². The van der Waals surface area contributed by atoms with Gasteiger partial charge in [0.2, 0.25) is 5.91 Å². The maximum Gasteiger partial charge on any atom is 0.325 e. The first kappa shape index (κ1) is 18.2. The molecule has 2 aromatic rings. The molecule has 1 atom stereocenters. The second-order valence-corrected chi connectivity index (χ2v) is 7.64. The molecule has 138 valence electrons. The van der Waals surface area contributed by atoms with Gasteiger partial charge in [-0.1, -0.05) is 38.1 Å². The van der Waals surface area contributed by atoms with Gasteiger partial charge in [-0.25, -0.2) is 4.79 Å². The minimum atomic E-state index is -0.526. The van der Waals surface area contributed by atoms with E-state index < -0.39 is 11.2 Å². The largest absolute Gasteiger partial charge is 0.349 e. The lowest BCUT2D eigenvalue weighted by Crippen LogP contribution is -2.36. The molecule has 0 saturated heterocycles. The fourth-order valence-corrected chi connectivity index (χ4v) is 3.79. The highest BCUT2D eigenvalue weighted by Gasteiger charge is 2.32. The Morgan fingerprint density at radius 3 is 2.69 bits per heavy atom. The topological polar surface area (TPSA) is 94.8 Å². The van der Waals surface area contributed by atoms with Crippen molar-refractivity contribution in [1.82, 2.24) is 15.3 Å². The number of benzene rings is 1. The molecule has 1 aliphatic rings. The summed E-state index contributed by atoms with van der Waals surface area (Å²) >= 11 is 0. The summed E-state index contributed by atoms with van der Waals surface area (Å²) in [7, 11) is 0. The highest BCUT2D eigenvalue weighted by molar-refractivity contribution is 5.77. The molecule has 1 aromatic carbocycles. The van der Waals surface area contributed by atoms with Crippen molar-refractivity contribution in [3.05, 3.63) is 67.5 Å². The third-order valence-electron chi connectivity index (χ3n) is 5.32. The highest BCUT2D eigenvalue weighted by Crippen LogP contribution is 2.41. The molecule has 6 heteroatoms. The van der Waals surface area contributed by atoms with Crippen LogP contribution in [-0.2, 0) is 16.6 Å². The standard InChI is InChI=1S/C20H25N3O3/c1-12-13(18(25)23-19(26)21-12)8-9-17(24)22-16-10-11-20(2,3)15-7-5-4-6-14(15)16/h4-7,16H,8-11H2,1-3H3,(H,22,24)(H2,21,23,25,26)/t16-/m0/s1. The molecule has 1 aliphatic carbocycles. The van der Waals surface area contributed by atoms with Crippen molar-refractivity contribution in [2.24, 2.45) is 0 Å². The SMILES string of the molecule is Cc1[nH]c(=O)[nH]c(=O)c1CCC(=O)N[C@H]1CCC(C)(C)c2ccccc21. The summed E-state index contributed by atoms with van der Waals surface area (Å²) in [6.45, 7) is 6.13. The Morgan fingerprint density at radius 2 is 1.96 bits per heavy atom. The lowest BCUT2D eigenvalue weighted by Gasteiger charge is -2.37. The normalized spacial score (nSPS) is 18.2. The third-order valence-corrected chi connectivity index (χ3v) is 5.32. The van der Waals surface area contributed by atoms with Crippen LogP contribution in [0.4, 0.5) is 0 Å². The maximum atomic E-state index is 12.4. The number of aromatic amines is 2. The number of carbonyl (C=O) groups excluding carboxylic acids is 1. The molecule has 0 saturated carbocycles. The average molecular weight is 355 g/mol. The van der Waals surface area contributed by atoms with Gasteiger partial charge in [0, 0.05) is 17.7 Å². The number of carbonyl (C=O) groups is 1. The number of aromatic nitrogens is 2. The summed E-state index contributed by atoms with van der Waals surface area (Å²) in [6, 6.07) is 8.26. The summed E-state index contributed by atoms with van der Waals surface area (Å²) < 4.78 is 0. The van der Waals surface area contributed by atoms with Crippen molar-refractivity contribution in [2.75, 3.05) is 0 Å². The lowest BCUT2D eigenvalue weighted by atomic mass is 9.71. The number of rotatable bonds is 4. The van der Waals surface area contributed by atoms with Gasteiger partial charge < -0.3 is 10.3 Å². The number of H-pyrrole nitrogens is 2. The monoisotopic (exact) mass is 355 g/mol. The van der Waals surface area contributed by atoms with E-state index in [9.17, 15) is 14.4 Å². The number of hydrogen-bond donors (Lipinski definition) is 3. The molecule has 0 unspecified atom stereocenters. The van der Waals surface area contributed by atoms with Crippen LogP contribution in [0.2, 0.25) is 0 Å². The predicted molar refractivity (Wildman–Crippen MR) is 100 cm³/mol. The van der Waals surface area contributed by atoms with E-state index in [4.69, 9.17) is 0 Å². The molecule has 1 amide bonds. The summed E-state index contributed by atoms with van der Waals surface area (Å²) in [5.74, 6) is -0.0884. The van der Waals surface area contributed by atoms with Crippen molar-refractivity contribution < 1.29 is 4.79 Å². The van der Waals surface area contributed by atoms with Crippen LogP contribution in [0.25, 0.3) is 0 Å². The summed E-state index contributed by atoms with van der Waals surface area (Å²) in [6.07, 6.45) is 2.41. The van der Waals surface area contributed by atoms with Gasteiger partial charge in [-0.05, 0) is 42.7 Å². The summed E-state index contributed by atoms with van der Waals surface area (Å²) in [5.41, 5.74) is 2.57. The van der Waals surface area contributed by atoms with Crippen LogP contribution in [0, 0.1) is 6.92 Å². The quantitative estimate of drug-likeness (QED) is 0.785. The van der Waals surface area contributed by atoms with Gasteiger partial charge in [-0.2, -0.15) is 0 Å². The number of nitrogens with one attached hydrogen (secondary N) is 3. The molecular weight excluding hydrogens is 330 g/mol. The zero-order valence-corrected chi connectivity index (χ0v) is 15.4. The minimum absolute atomic E-state index is 0.00156. The number of hydrogen-bond acceptors (Lipinski definition) is 3. The number of amides is 1. The fourth-order valence-electron chi connectivity index (χ4n) is 3.79. The van der Waals surface area contributed by atoms with Gasteiger partial charge in [0.15, 0.2) is 0 Å². The first-order valence-corrected chi connectivity index (χ1v) is 8.99. The van der Waals surface area contributed by atoms with Crippen LogP contribution in [0.1, 0.15) is 61.5 Å². The average Bonchev–Trinajstić information content (AvgIpc) is 2.57. The van der Waals surface area contributed by atoms with Crippen molar-refractivity contribution in [2.45, 2.75) is 57.9 Å². The minimum Gasteiger partial charge on any atom is -0.349 e. The molecule has 26 heavy (non-hydrogen) atoms. The second-order valence-electron chi connectivity index (χ2n) is 7.64. The molecule has 0 aliphatic heterocycles. The molecule has 0 spiro atoms. The van der Waals surface area contributed by atoms with Crippen LogP contribution in [0.15, 0.2) is 33.9 Å². The van der Waals surface area contributed by atoms with Gasteiger partial charge in [-0.3, -0.25) is 14.6 Å². The summed E-state index contributed by atoms with van der Waals surface area (Å²) in [4.78, 5) is 40.4. The zero-order chi connectivity index (χ0) is 18.9. The molecule has 1 aromatic heterocycles. The van der Waals surface area contributed by atoms with E-state index in [0.717, 1.165) is 12.8 Å². The van der Waals surface area contributed by atoms with E-state index in [1.54, 1.807) is 6.92 Å². The van der Waals surface area contributed by atoms with Crippen molar-refractivity contribution >= 4 is 5.91 Å². The van der Waals surface area contributed by atoms with Crippen LogP contribution >= 0.6 is 0 Å². The van der Waals surface area contributed by atoms with E-state index in [1.165, 1.54) is 11.1 Å². The van der Waals surface area contributed by atoms with Gasteiger partial charge in [0.1, 0.15) is 0 Å². The molecule has 3 N–H and O–H groups in total. The van der Waals surface area contributed by atoms with E-state index in [-0.39, 0.29) is 23.8 Å². The van der Waals surface area contributed by atoms with Gasteiger partial charge >= 0.3 is 5.69 Å². The van der Waals surface area contributed by atoms with E-state index in [0.29, 0.717) is 17.7 Å². The Bertz CT molecular complexity index is 940. The Morgan fingerprint density at radius 1 is 1.23 bits per heavy atom. The van der Waals surface area contributed by atoms with Crippen LogP contribution in [0.3, 0.4) is 0 Å². The Hall–Kier alpha value is -2.63. The fraction of sp³-hybridized carbons (Fsp3) is 0.450. The van der Waals surface area contributed by atoms with Crippen molar-refractivity contribution in [3.8, 4) is 0 Å². The van der Waals surface area contributed by atoms with Crippen molar-refractivity contribution in [1.29, 1.82) is 0 Å². The number of aryl methyl sites for hydroxylation is 1. The predicted octanol–water partition coefficient (Wildman–Crippen LogP) is 2.23. The molecule has 0 radical (unpaired) electrons. The first-order valence-electron chi connectivity index (χ1n) is 8.99. The van der Waals surface area contributed by atoms with Gasteiger partial charge in [0.25, 0.3) is 5.56 Å². The summed E-state index contributed by atoms with van der Waals surface area (Å²) in [5, 5.41) is 3.11. The Labute approximate surface area is 152 Å². The molecule has 0 fully saturated rings. The zero-order valence-electron chi connectivity index (χ0n) is 15.4. The number of fused-ring (bicyclic) bond motifs is 1. The maximum absolute atomic E-state index is 12.4. The van der Waals surface area contributed by atoms with E-state index >= 15 is 0 Å². The van der Waals surface area contributed by atoms with Crippen LogP contribution in [0.5, 0.6) is 0 Å². The van der Waals surface area contributed by atoms with Crippen LogP contribution in [-0.4, -0.2) is 15.9 Å². The molecule has 1 heterocycles. The van der Waals surface area contributed by atoms with E-state index in [1.807, 2.05) is 12.1 Å². The lowest BCUT2D eigenvalue weighted by molar-refractivity contribution is -0.122. The third kappa shape index (κ3) is 3.64. The molecular formula is C20H25N3O3. The van der Waals surface area contributed by atoms with Crippen LogP contribution < -0.4 is 16.6 Å². The molecule has 6 nitrogen and oxygen atoms in total. The van der Waals surface area contributed by atoms with Gasteiger partial charge in [0.05, 0.1) is 6.04 Å². The Balaban J connectivity index is 1.70. The Kier molecular flexibility index (Phi) is 4.85. The molecule has 0 bridgehead atoms. The van der Waals surface area contributed by atoms with Gasteiger partial charge in [-0.15, -0.1) is 0 Å². The molecule has 3 rings (SSSR count). The smallest absolute Gasteiger partial charge is 0.325 e. The first-order chi connectivity index (χ1) is 12.3. The van der Waals surface area contributed by atoms with Crippen molar-refractivity contribution in [3.63, 3.8) is 0 Å². The second kappa shape index (κ2) is 6.94.